The Morgan fingerprint density at radius 2 is 1.94 bits per heavy atom. The molecular weight excluding hydrogens is 460 g/mol. The molecule has 3 atom stereocenters. The van der Waals surface area contributed by atoms with Gasteiger partial charge in [0.05, 0.1) is 16.2 Å². The molecule has 0 bridgehead atoms. The minimum absolute atomic E-state index is 0.307. The van der Waals surface area contributed by atoms with E-state index in [9.17, 15) is 0 Å². The van der Waals surface area contributed by atoms with E-state index >= 15 is 0 Å². The van der Waals surface area contributed by atoms with Crippen molar-refractivity contribution in [3.05, 3.63) is 113 Å². The maximum Gasteiger partial charge on any atom is 0.133 e. The van der Waals surface area contributed by atoms with E-state index in [1.165, 1.54) is 16.8 Å². The molecular formula is C28H25BrN2O. The monoisotopic (exact) mass is 484 g/mol. The van der Waals surface area contributed by atoms with Crippen molar-refractivity contribution in [2.75, 3.05) is 11.9 Å². The van der Waals surface area contributed by atoms with Crippen molar-refractivity contribution in [3.63, 3.8) is 0 Å². The van der Waals surface area contributed by atoms with Crippen LogP contribution in [0.5, 0.6) is 5.75 Å². The summed E-state index contributed by atoms with van der Waals surface area (Å²) >= 11 is 3.56. The summed E-state index contributed by atoms with van der Waals surface area (Å²) in [5.41, 5.74) is 5.92. The predicted molar refractivity (Wildman–Crippen MR) is 136 cm³/mol. The Bertz CT molecular complexity index is 1180. The molecule has 3 aromatic rings. The third-order valence-corrected chi connectivity index (χ3v) is 6.82. The summed E-state index contributed by atoms with van der Waals surface area (Å²) in [6.07, 6.45) is 9.43. The van der Waals surface area contributed by atoms with E-state index in [4.69, 9.17) is 4.74 Å². The second-order valence-electron chi connectivity index (χ2n) is 8.20. The number of rotatable bonds is 6. The molecule has 3 aromatic carbocycles. The highest BCUT2D eigenvalue weighted by Crippen LogP contribution is 2.49. The van der Waals surface area contributed by atoms with Gasteiger partial charge in [0.2, 0.25) is 0 Å². The molecule has 0 saturated heterocycles. The van der Waals surface area contributed by atoms with Crippen LogP contribution in [0.2, 0.25) is 0 Å². The lowest BCUT2D eigenvalue weighted by Crippen LogP contribution is -2.28. The van der Waals surface area contributed by atoms with Crippen LogP contribution in [0.4, 0.5) is 11.4 Å². The number of allylic oxidation sites excluding steroid dienone is 2. The van der Waals surface area contributed by atoms with Crippen LogP contribution in [0.25, 0.3) is 0 Å². The first kappa shape index (κ1) is 20.8. The summed E-state index contributed by atoms with van der Waals surface area (Å²) in [6, 6.07) is 23.5. The first-order valence-corrected chi connectivity index (χ1v) is 11.7. The smallest absolute Gasteiger partial charge is 0.133 e. The van der Waals surface area contributed by atoms with Crippen molar-refractivity contribution < 1.29 is 4.74 Å². The van der Waals surface area contributed by atoms with Crippen molar-refractivity contribution >= 4 is 33.5 Å². The SMILES string of the molecule is C=CCOc1ccc(C=Nc2ccc([C@@H]3Nc4ccccc4[C@@H]4C=CC[C@H]43)cc2)cc1Br. The number of benzene rings is 3. The summed E-state index contributed by atoms with van der Waals surface area (Å²) < 4.78 is 6.51. The zero-order valence-corrected chi connectivity index (χ0v) is 19.3. The van der Waals surface area contributed by atoms with Crippen molar-refractivity contribution in [1.82, 2.24) is 0 Å². The van der Waals surface area contributed by atoms with Crippen LogP contribution in [0.3, 0.4) is 0 Å². The maximum absolute atomic E-state index is 5.61. The van der Waals surface area contributed by atoms with E-state index in [0.29, 0.717) is 24.5 Å². The van der Waals surface area contributed by atoms with Gasteiger partial charge < -0.3 is 10.1 Å². The molecule has 0 fully saturated rings. The zero-order chi connectivity index (χ0) is 21.9. The van der Waals surface area contributed by atoms with Gasteiger partial charge in [0.15, 0.2) is 0 Å². The Balaban J connectivity index is 1.32. The molecule has 4 heteroatoms. The molecule has 0 saturated carbocycles. The van der Waals surface area contributed by atoms with Crippen LogP contribution in [0.15, 0.2) is 101 Å². The van der Waals surface area contributed by atoms with Gasteiger partial charge in [0, 0.05) is 17.8 Å². The van der Waals surface area contributed by atoms with E-state index in [-0.39, 0.29) is 0 Å². The third kappa shape index (κ3) is 4.15. The Hall–Kier alpha value is -3.11. The second kappa shape index (κ2) is 9.17. The molecule has 160 valence electrons. The van der Waals surface area contributed by atoms with Crippen molar-refractivity contribution in [2.45, 2.75) is 18.4 Å². The summed E-state index contributed by atoms with van der Waals surface area (Å²) in [4.78, 5) is 4.66. The summed E-state index contributed by atoms with van der Waals surface area (Å²) in [7, 11) is 0. The van der Waals surface area contributed by atoms with E-state index in [0.717, 1.165) is 27.9 Å². The number of fused-ring (bicyclic) bond motifs is 3. The van der Waals surface area contributed by atoms with Crippen LogP contribution in [-0.4, -0.2) is 12.8 Å². The highest BCUT2D eigenvalue weighted by molar-refractivity contribution is 9.10. The van der Waals surface area contributed by atoms with Crippen LogP contribution < -0.4 is 10.1 Å². The van der Waals surface area contributed by atoms with Crippen molar-refractivity contribution in [2.24, 2.45) is 10.9 Å². The van der Waals surface area contributed by atoms with Gasteiger partial charge in [-0.15, -0.1) is 0 Å². The van der Waals surface area contributed by atoms with E-state index in [1.54, 1.807) is 6.08 Å². The third-order valence-electron chi connectivity index (χ3n) is 6.20. The number of anilines is 1. The van der Waals surface area contributed by atoms with Crippen molar-refractivity contribution in [3.8, 4) is 5.75 Å². The molecule has 0 aromatic heterocycles. The molecule has 5 rings (SSSR count). The topological polar surface area (TPSA) is 33.6 Å². The fraction of sp³-hybridized carbons (Fsp3) is 0.179. The van der Waals surface area contributed by atoms with E-state index in [2.05, 4.69) is 93.5 Å². The predicted octanol–water partition coefficient (Wildman–Crippen LogP) is 7.59. The van der Waals surface area contributed by atoms with Gasteiger partial charge in [0.1, 0.15) is 12.4 Å². The quantitative estimate of drug-likeness (QED) is 0.288. The Morgan fingerprint density at radius 3 is 2.75 bits per heavy atom. The molecule has 0 unspecified atom stereocenters. The largest absolute Gasteiger partial charge is 0.488 e. The van der Waals surface area contributed by atoms with E-state index in [1.807, 2.05) is 24.4 Å². The Morgan fingerprint density at radius 1 is 1.09 bits per heavy atom. The van der Waals surface area contributed by atoms with Gasteiger partial charge in [-0.1, -0.05) is 55.1 Å². The second-order valence-corrected chi connectivity index (χ2v) is 9.06. The lowest BCUT2D eigenvalue weighted by Gasteiger charge is -2.37. The molecule has 0 amide bonds. The molecule has 2 aliphatic rings. The molecule has 1 N–H and O–H groups in total. The molecule has 1 aliphatic heterocycles. The average Bonchev–Trinajstić information content (AvgIpc) is 3.32. The van der Waals surface area contributed by atoms with Gasteiger partial charge in [-0.3, -0.25) is 4.99 Å². The van der Waals surface area contributed by atoms with Gasteiger partial charge in [0.25, 0.3) is 0 Å². The van der Waals surface area contributed by atoms with Gasteiger partial charge in [-0.05, 0) is 81.4 Å². The average molecular weight is 485 g/mol. The lowest BCUT2D eigenvalue weighted by molar-refractivity contribution is 0.361. The van der Waals surface area contributed by atoms with Gasteiger partial charge in [-0.25, -0.2) is 0 Å². The molecule has 1 aliphatic carbocycles. The number of hydrogen-bond acceptors (Lipinski definition) is 3. The number of aliphatic imine (C=N–C) groups is 1. The summed E-state index contributed by atoms with van der Waals surface area (Å²) in [5, 5.41) is 3.79. The standard InChI is InChI=1S/C28H25BrN2O/c1-2-16-32-27-15-10-19(17-25(27)29)18-30-21-13-11-20(12-14-21)28-24-8-5-7-22(24)23-6-3-4-9-26(23)31-28/h2-7,9-15,17-18,22,24,28,31H,1,8,16H2/t22-,24+,28-/m0/s1. The highest BCUT2D eigenvalue weighted by Gasteiger charge is 2.37. The number of para-hydroxylation sites is 1. The van der Waals surface area contributed by atoms with Crippen LogP contribution in [-0.2, 0) is 0 Å². The fourth-order valence-corrected chi connectivity index (χ4v) is 5.16. The number of nitrogens with zero attached hydrogens (tertiary/aromatic N) is 1. The molecule has 1 heterocycles. The van der Waals surface area contributed by atoms with Gasteiger partial charge >= 0.3 is 0 Å². The first-order chi connectivity index (χ1) is 15.7. The van der Waals surface area contributed by atoms with Crippen LogP contribution >= 0.6 is 15.9 Å². The highest BCUT2D eigenvalue weighted by atomic mass is 79.9. The Kier molecular flexibility index (Phi) is 5.95. The molecule has 3 nitrogen and oxygen atoms in total. The van der Waals surface area contributed by atoms with E-state index < -0.39 is 0 Å². The number of hydrogen-bond donors (Lipinski definition) is 1. The maximum atomic E-state index is 5.61. The summed E-state index contributed by atoms with van der Waals surface area (Å²) in [6.45, 7) is 4.16. The lowest BCUT2D eigenvalue weighted by atomic mass is 9.77. The zero-order valence-electron chi connectivity index (χ0n) is 17.7. The number of ether oxygens (including phenoxy) is 1. The number of nitrogens with one attached hydrogen (secondary N) is 1. The fourth-order valence-electron chi connectivity index (χ4n) is 4.65. The van der Waals surface area contributed by atoms with Gasteiger partial charge in [-0.2, -0.15) is 0 Å². The van der Waals surface area contributed by atoms with Crippen LogP contribution in [0, 0.1) is 5.92 Å². The number of halogens is 1. The molecule has 0 spiro atoms. The Labute approximate surface area is 197 Å². The minimum Gasteiger partial charge on any atom is -0.488 e. The molecule has 0 radical (unpaired) electrons. The van der Waals surface area contributed by atoms with Crippen LogP contribution in [0.1, 0.15) is 35.1 Å². The minimum atomic E-state index is 0.307. The molecule has 32 heavy (non-hydrogen) atoms. The van der Waals surface area contributed by atoms with Crippen molar-refractivity contribution in [1.29, 1.82) is 0 Å². The normalized spacial score (nSPS) is 21.1. The first-order valence-electron chi connectivity index (χ1n) is 10.9. The summed E-state index contributed by atoms with van der Waals surface area (Å²) in [5.74, 6) is 1.85.